The van der Waals surface area contributed by atoms with Gasteiger partial charge in [0.1, 0.15) is 16.2 Å². The van der Waals surface area contributed by atoms with E-state index >= 15 is 0 Å². The minimum atomic E-state index is -0.245. The molecule has 676 valence electrons. The van der Waals surface area contributed by atoms with E-state index in [9.17, 15) is 14.4 Å². The van der Waals surface area contributed by atoms with Crippen LogP contribution in [0.25, 0.3) is 140 Å². The number of methoxy groups -OCH3 is 1. The number of furan rings is 1. The van der Waals surface area contributed by atoms with Crippen LogP contribution in [0.4, 0.5) is 0 Å². The Morgan fingerprint density at radius 2 is 0.801 bits per heavy atom. The minimum absolute atomic E-state index is 0.0793. The summed E-state index contributed by atoms with van der Waals surface area (Å²) in [5.74, 6) is 0.890. The zero-order valence-electron chi connectivity index (χ0n) is 76.2. The van der Waals surface area contributed by atoms with Gasteiger partial charge in [-0.05, 0) is 274 Å². The first-order valence-electron chi connectivity index (χ1n) is 43.7. The molecule has 0 bridgehead atoms. The zero-order valence-corrected chi connectivity index (χ0v) is 88.5. The molecule has 136 heavy (non-hydrogen) atoms. The molecule has 0 amide bonds. The molecular weight excluding hydrogens is 1950 g/mol. The van der Waals surface area contributed by atoms with Crippen molar-refractivity contribution < 1.29 is 23.5 Å². The normalized spacial score (nSPS) is 10.8. The van der Waals surface area contributed by atoms with Gasteiger partial charge in [-0.2, -0.15) is 0 Å². The van der Waals surface area contributed by atoms with Crippen LogP contribution >= 0.6 is 170 Å². The molecule has 0 aliphatic carbocycles. The maximum Gasteiger partial charge on any atom is 0.348 e. The van der Waals surface area contributed by atoms with E-state index < -0.39 is 0 Å². The lowest BCUT2D eigenvalue weighted by Gasteiger charge is -2.07. The second kappa shape index (κ2) is 45.3. The second-order valence-corrected chi connectivity index (χ2v) is 48.6. The number of fused-ring (bicyclic) bond motifs is 14. The van der Waals surface area contributed by atoms with Gasteiger partial charge in [-0.3, -0.25) is 9.59 Å². The average Bonchev–Trinajstić information content (AvgIpc) is 1.59. The van der Waals surface area contributed by atoms with Gasteiger partial charge in [0, 0.05) is 140 Å². The number of rotatable bonds is 8. The van der Waals surface area contributed by atoms with Gasteiger partial charge in [0.05, 0.1) is 25.9 Å². The zero-order chi connectivity index (χ0) is 94.3. The van der Waals surface area contributed by atoms with E-state index in [0.29, 0.717) is 4.88 Å². The summed E-state index contributed by atoms with van der Waals surface area (Å²) < 4.78 is 29.8. The van der Waals surface area contributed by atoms with Crippen LogP contribution in [0.5, 0.6) is 0 Å². The molecule has 0 saturated carbocycles. The van der Waals surface area contributed by atoms with Crippen LogP contribution in [0.2, 0.25) is 0 Å². The minimum Gasteiger partial charge on any atom is -0.465 e. The monoisotopic (exact) mass is 2040 g/mol. The Bertz CT molecular complexity index is 8210. The Kier molecular flexibility index (Phi) is 32.1. The van der Waals surface area contributed by atoms with Crippen molar-refractivity contribution >= 4 is 297 Å². The van der Waals surface area contributed by atoms with Gasteiger partial charge in [0.25, 0.3) is 0 Å². The van der Waals surface area contributed by atoms with Gasteiger partial charge in [-0.25, -0.2) is 4.79 Å². The van der Waals surface area contributed by atoms with Crippen molar-refractivity contribution in [3.05, 3.63) is 433 Å². The molecule has 10 aromatic carbocycles. The molecule has 0 N–H and O–H groups in total. The highest BCUT2D eigenvalue weighted by Gasteiger charge is 2.17. The number of thiophene rings is 15. The van der Waals surface area contributed by atoms with Crippen molar-refractivity contribution in [3.8, 4) is 31.3 Å². The van der Waals surface area contributed by atoms with Gasteiger partial charge in [-0.15, -0.1) is 170 Å². The molecule has 20 heteroatoms. The molecule has 0 fully saturated rings. The largest absolute Gasteiger partial charge is 0.465 e. The SMILES string of the molecule is COC(=O)c1cc2c(C)scc2s1.Cc1cc2cc3sccc3cc2s1.Cc1cc2ccccc2o1.Cc1cc2ccccc2s1.Cc1cc2sc3ccsc3c2s1.Cc1cc2sccc2s1.Cc1ccc(-c2cc(-c3cccs3)cc(-c3cccs3)c2)s1.Cc1ccc(C(=O)c2ccccc2)cc1.Cc1ccc2c(c1)sc1c3ccccc3sc21.Cc1cccc(C(=O)c2ccccc2)c1. The molecule has 0 aliphatic heterocycles. The van der Waals surface area contributed by atoms with Gasteiger partial charge >= 0.3 is 5.97 Å². The Hall–Kier alpha value is -11.4. The number of esters is 1. The topological polar surface area (TPSA) is 73.6 Å². The molecule has 0 atom stereocenters. The maximum absolute atomic E-state index is 12.0. The Morgan fingerprint density at radius 1 is 0.257 bits per heavy atom. The molecule has 5 nitrogen and oxygen atoms in total. The summed E-state index contributed by atoms with van der Waals surface area (Å²) in [6, 6.07) is 110. The number of carbonyl (C=O) groups is 3. The first kappa shape index (κ1) is 96.3. The quantitative estimate of drug-likeness (QED) is 0.112. The number of aryl methyl sites for hydroxylation is 10. The van der Waals surface area contributed by atoms with Crippen LogP contribution in [-0.4, -0.2) is 24.6 Å². The van der Waals surface area contributed by atoms with Crippen molar-refractivity contribution in [2.24, 2.45) is 0 Å². The van der Waals surface area contributed by atoms with Crippen LogP contribution in [0, 0.1) is 69.2 Å². The number of hydrogen-bond acceptors (Lipinski definition) is 20. The fourth-order valence-electron chi connectivity index (χ4n) is 15.1. The molecule has 16 aromatic heterocycles. The van der Waals surface area contributed by atoms with E-state index in [2.05, 4.69) is 261 Å². The highest BCUT2D eigenvalue weighted by atomic mass is 32.2. The lowest BCUT2D eigenvalue weighted by atomic mass is 10.0. The predicted octanol–water partition coefficient (Wildman–Crippen LogP) is 40.4. The van der Waals surface area contributed by atoms with Crippen molar-refractivity contribution in [3.63, 3.8) is 0 Å². The van der Waals surface area contributed by atoms with Crippen molar-refractivity contribution in [1.82, 2.24) is 0 Å². The molecule has 0 unspecified atom stereocenters. The molecule has 0 spiro atoms. The van der Waals surface area contributed by atoms with Crippen LogP contribution in [-0.2, 0) is 4.74 Å². The molecular formula is C116H92O5S15. The van der Waals surface area contributed by atoms with Gasteiger partial charge in [0.15, 0.2) is 11.6 Å². The third kappa shape index (κ3) is 24.1. The molecule has 26 aromatic rings. The Morgan fingerprint density at radius 3 is 1.46 bits per heavy atom. The number of para-hydroxylation sites is 1. The van der Waals surface area contributed by atoms with Gasteiger partial charge in [0.2, 0.25) is 0 Å². The molecule has 0 saturated heterocycles. The lowest BCUT2D eigenvalue weighted by molar-refractivity contribution is 0.0606. The summed E-state index contributed by atoms with van der Waals surface area (Å²) in [6.07, 6.45) is 0. The number of benzene rings is 10. The van der Waals surface area contributed by atoms with E-state index in [1.54, 1.807) is 34.0 Å². The first-order chi connectivity index (χ1) is 66.1. The van der Waals surface area contributed by atoms with E-state index in [1.807, 2.05) is 291 Å². The Balaban J connectivity index is 0.000000106. The highest BCUT2D eigenvalue weighted by Crippen LogP contribution is 2.46. The number of hydrogen-bond donors (Lipinski definition) is 0. The van der Waals surface area contributed by atoms with Gasteiger partial charge < -0.3 is 9.15 Å². The summed E-state index contributed by atoms with van der Waals surface area (Å²) in [7, 11) is 1.40. The molecule has 16 heterocycles. The summed E-state index contributed by atoms with van der Waals surface area (Å²) in [5.41, 5.74) is 11.5. The van der Waals surface area contributed by atoms with Crippen LogP contribution in [0.1, 0.15) is 93.2 Å². The number of ether oxygens (including phenoxy) is 1. The second-order valence-electron chi connectivity index (χ2n) is 32.1. The summed E-state index contributed by atoms with van der Waals surface area (Å²) in [6.45, 7) is 21.0. The first-order valence-corrected chi connectivity index (χ1v) is 56.3. The predicted molar refractivity (Wildman–Crippen MR) is 612 cm³/mol. The maximum atomic E-state index is 12.0. The van der Waals surface area contributed by atoms with Crippen molar-refractivity contribution in [2.45, 2.75) is 69.2 Å². The number of ketones is 2. The molecule has 0 aliphatic rings. The fraction of sp³-hybridized carbons (Fsp3) is 0.0948. The standard InChI is InChI=1S/C19H14S3.C15H10S2.2C14H12O.C11H8S2.C9H8O2S2.C9H8O.C9H6S3.C9H8S.C7H6S2/c1-13-6-7-19(22-13)16-11-14(17-4-2-8-20-17)10-15(12-16)18-5-3-9-21-18;1-9-6-7-11-13(8-9)17-14-10-4-2-3-5-12(10)16-15(11)14;1-11-6-5-9-13(10-11)14(15)12-7-3-2-4-8-12;1-11-7-9-13(10-8-11)14(15)12-5-3-2-4-6-12;1-7-4-9-6-10-8(2-3-12-10)5-11(9)13-7;1-5-6-3-7(9(10)11-2)13-8(6)4-12-5;1-7-6-8-4-2-3-5-9(8)10-7;1-5-4-7-9(11-5)8-6(12-7)2-3-10-8;1-7-6-8-4-2-3-5-9(8)10-7;1-5-4-7-6(9-5)2-3-8-7/h2-12H,1H3;2-8H,1H3;2*2-10H,1H3;2-6H,1H3;3-4H,1-2H3;2-6H,1H3;2-4H,1H3;2-6H,1H3;2-4H,1H3. The summed E-state index contributed by atoms with van der Waals surface area (Å²) >= 11 is 27.4. The molecule has 26 rings (SSSR count). The lowest BCUT2D eigenvalue weighted by Crippen LogP contribution is -2.00. The van der Waals surface area contributed by atoms with Crippen LogP contribution in [0.3, 0.4) is 0 Å². The third-order valence-electron chi connectivity index (χ3n) is 21.7. The average molecular weight is 2050 g/mol. The van der Waals surface area contributed by atoms with Crippen LogP contribution in [0.15, 0.2) is 358 Å². The summed E-state index contributed by atoms with van der Waals surface area (Å²) in [5, 5.41) is 22.1. The number of carbonyl (C=O) groups excluding carboxylic acids is 3. The molecule has 0 radical (unpaired) electrons. The van der Waals surface area contributed by atoms with Crippen molar-refractivity contribution in [2.75, 3.05) is 7.11 Å². The fourth-order valence-corrected chi connectivity index (χ4v) is 30.6. The summed E-state index contributed by atoms with van der Waals surface area (Å²) in [4.78, 5) is 48.0. The van der Waals surface area contributed by atoms with E-state index in [1.165, 1.54) is 194 Å². The third-order valence-corrected chi connectivity index (χ3v) is 37.7. The van der Waals surface area contributed by atoms with Crippen LogP contribution < -0.4 is 0 Å². The highest BCUT2D eigenvalue weighted by molar-refractivity contribution is 7.38. The Labute approximate surface area is 851 Å². The van der Waals surface area contributed by atoms with E-state index in [0.717, 1.165) is 39.2 Å². The smallest absolute Gasteiger partial charge is 0.348 e. The van der Waals surface area contributed by atoms with Gasteiger partial charge in [-0.1, -0.05) is 193 Å². The van der Waals surface area contributed by atoms with E-state index in [-0.39, 0.29) is 17.5 Å². The van der Waals surface area contributed by atoms with Crippen molar-refractivity contribution in [1.29, 1.82) is 0 Å². The van der Waals surface area contributed by atoms with E-state index in [4.69, 9.17) is 4.42 Å².